The zero-order valence-electron chi connectivity index (χ0n) is 15.7. The van der Waals surface area contributed by atoms with Crippen molar-refractivity contribution >= 4 is 49.2 Å². The second-order valence-corrected chi connectivity index (χ2v) is 8.75. The molecule has 0 atom stereocenters. The predicted molar refractivity (Wildman–Crippen MR) is 121 cm³/mol. The zero-order valence-corrected chi connectivity index (χ0v) is 18.1. The number of benzene rings is 2. The molecule has 0 saturated heterocycles. The summed E-state index contributed by atoms with van der Waals surface area (Å²) in [5, 5.41) is 24.5. The van der Waals surface area contributed by atoms with Gasteiger partial charge in [-0.1, -0.05) is 24.3 Å². The van der Waals surface area contributed by atoms with Gasteiger partial charge in [0.05, 0.1) is 27.8 Å². The van der Waals surface area contributed by atoms with E-state index in [9.17, 15) is 19.8 Å². The molecule has 154 valence electrons. The van der Waals surface area contributed by atoms with Crippen molar-refractivity contribution < 1.29 is 19.0 Å². The first kappa shape index (κ1) is 19.6. The van der Waals surface area contributed by atoms with E-state index in [-0.39, 0.29) is 33.8 Å². The second-order valence-electron chi connectivity index (χ2n) is 6.90. The molecule has 0 bridgehead atoms. The molecule has 8 heteroatoms. The third-order valence-corrected chi connectivity index (χ3v) is 6.85. The molecule has 3 aromatic heterocycles. The van der Waals surface area contributed by atoms with E-state index in [1.807, 2.05) is 0 Å². The molecule has 0 aliphatic carbocycles. The number of hydrogen-bond donors (Lipinski definition) is 2. The van der Waals surface area contributed by atoms with Crippen molar-refractivity contribution in [2.24, 2.45) is 0 Å². The molecule has 5 aromatic rings. The lowest BCUT2D eigenvalue weighted by molar-refractivity contribution is 0.442. The number of halogens is 1. The van der Waals surface area contributed by atoms with Crippen LogP contribution >= 0.6 is 27.3 Å². The Morgan fingerprint density at radius 1 is 0.806 bits per heavy atom. The van der Waals surface area contributed by atoms with Crippen molar-refractivity contribution in [3.05, 3.63) is 101 Å². The standard InChI is InChI=1S/C23H13BrO6S/c24-11-9-16(31-10-11)17(18-20(25)12-5-1-3-7-14(12)29-22(18)27)19-21(26)13-6-2-4-8-15(13)30-23(19)28/h1-10,17,25-26H. The minimum atomic E-state index is -1.10. The average molecular weight is 497 g/mol. The van der Waals surface area contributed by atoms with Gasteiger partial charge in [0, 0.05) is 14.7 Å². The molecule has 0 fully saturated rings. The second kappa shape index (κ2) is 7.40. The van der Waals surface area contributed by atoms with E-state index < -0.39 is 17.2 Å². The average Bonchev–Trinajstić information content (AvgIpc) is 3.18. The van der Waals surface area contributed by atoms with Crippen LogP contribution in [0.25, 0.3) is 21.9 Å². The Morgan fingerprint density at radius 2 is 1.29 bits per heavy atom. The summed E-state index contributed by atoms with van der Waals surface area (Å²) in [6.07, 6.45) is 0. The fourth-order valence-corrected chi connectivity index (χ4v) is 5.28. The van der Waals surface area contributed by atoms with Gasteiger partial charge in [-0.05, 0) is 46.3 Å². The van der Waals surface area contributed by atoms with Gasteiger partial charge in [-0.3, -0.25) is 0 Å². The summed E-state index contributed by atoms with van der Waals surface area (Å²) in [7, 11) is 0. The monoisotopic (exact) mass is 496 g/mol. The molecular formula is C23H13BrO6S. The predicted octanol–water partition coefficient (Wildman–Crippen LogP) is 5.31. The van der Waals surface area contributed by atoms with Crippen molar-refractivity contribution in [3.8, 4) is 11.5 Å². The molecule has 0 amide bonds. The minimum Gasteiger partial charge on any atom is -0.507 e. The third-order valence-electron chi connectivity index (χ3n) is 5.09. The van der Waals surface area contributed by atoms with E-state index in [1.165, 1.54) is 11.3 Å². The van der Waals surface area contributed by atoms with Gasteiger partial charge in [-0.2, -0.15) is 0 Å². The van der Waals surface area contributed by atoms with Crippen molar-refractivity contribution in [1.82, 2.24) is 0 Å². The van der Waals surface area contributed by atoms with Gasteiger partial charge >= 0.3 is 11.3 Å². The molecule has 2 N–H and O–H groups in total. The normalized spacial score (nSPS) is 11.5. The first-order chi connectivity index (χ1) is 15.0. The van der Waals surface area contributed by atoms with Crippen LogP contribution < -0.4 is 11.3 Å². The Bertz CT molecular complexity index is 1480. The molecule has 2 aromatic carbocycles. The lowest BCUT2D eigenvalue weighted by atomic mass is 9.89. The maximum Gasteiger partial charge on any atom is 0.344 e. The van der Waals surface area contributed by atoms with Gasteiger partial charge in [-0.15, -0.1) is 11.3 Å². The highest BCUT2D eigenvalue weighted by molar-refractivity contribution is 9.10. The number of para-hydroxylation sites is 2. The Morgan fingerprint density at radius 3 is 1.74 bits per heavy atom. The quantitative estimate of drug-likeness (QED) is 0.328. The van der Waals surface area contributed by atoms with Crippen LogP contribution in [0.1, 0.15) is 21.9 Å². The smallest absolute Gasteiger partial charge is 0.344 e. The summed E-state index contributed by atoms with van der Waals surface area (Å²) >= 11 is 4.64. The number of fused-ring (bicyclic) bond motifs is 2. The van der Waals surface area contributed by atoms with Crippen molar-refractivity contribution in [2.75, 3.05) is 0 Å². The molecule has 6 nitrogen and oxygen atoms in total. The highest BCUT2D eigenvalue weighted by atomic mass is 79.9. The molecule has 0 aliphatic rings. The Balaban J connectivity index is 1.91. The molecule has 5 rings (SSSR count). The lowest BCUT2D eigenvalue weighted by Crippen LogP contribution is -2.20. The molecule has 31 heavy (non-hydrogen) atoms. The van der Waals surface area contributed by atoms with Gasteiger partial charge in [0.2, 0.25) is 0 Å². The summed E-state index contributed by atoms with van der Waals surface area (Å²) in [6.45, 7) is 0. The van der Waals surface area contributed by atoms with Crippen LogP contribution in [0.4, 0.5) is 0 Å². The van der Waals surface area contributed by atoms with E-state index in [2.05, 4.69) is 15.9 Å². The van der Waals surface area contributed by atoms with Crippen LogP contribution in [0.15, 0.2) is 82.9 Å². The van der Waals surface area contributed by atoms with Crippen LogP contribution in [-0.4, -0.2) is 10.2 Å². The highest BCUT2D eigenvalue weighted by Gasteiger charge is 2.33. The Labute approximate surface area is 186 Å². The molecule has 0 aliphatic heterocycles. The van der Waals surface area contributed by atoms with E-state index in [1.54, 1.807) is 60.0 Å². The van der Waals surface area contributed by atoms with Crippen LogP contribution in [0.3, 0.4) is 0 Å². The molecule has 0 saturated carbocycles. The minimum absolute atomic E-state index is 0.147. The van der Waals surface area contributed by atoms with Crippen LogP contribution in [0, 0.1) is 0 Å². The largest absolute Gasteiger partial charge is 0.507 e. The Kier molecular flexibility index (Phi) is 4.68. The summed E-state index contributed by atoms with van der Waals surface area (Å²) in [6, 6.07) is 14.8. The summed E-state index contributed by atoms with van der Waals surface area (Å²) in [4.78, 5) is 26.5. The number of thiophene rings is 1. The maximum absolute atomic E-state index is 13.0. The van der Waals surface area contributed by atoms with Crippen LogP contribution in [0.2, 0.25) is 0 Å². The molecule has 0 spiro atoms. The fraction of sp³-hybridized carbons (Fsp3) is 0.0435. The summed E-state index contributed by atoms with van der Waals surface area (Å²) in [5.74, 6) is -1.72. The van der Waals surface area contributed by atoms with Crippen molar-refractivity contribution in [1.29, 1.82) is 0 Å². The van der Waals surface area contributed by atoms with E-state index in [0.29, 0.717) is 15.6 Å². The SMILES string of the molecule is O=c1oc2ccccc2c(O)c1C(c1cc(Br)cs1)c1c(O)c2ccccc2oc1=O. The molecule has 0 unspecified atom stereocenters. The molecule has 0 radical (unpaired) electrons. The van der Waals surface area contributed by atoms with Gasteiger partial charge in [0.1, 0.15) is 22.7 Å². The van der Waals surface area contributed by atoms with E-state index in [4.69, 9.17) is 8.83 Å². The van der Waals surface area contributed by atoms with E-state index in [0.717, 1.165) is 4.47 Å². The summed E-state index contributed by atoms with van der Waals surface area (Å²) < 4.78 is 11.6. The van der Waals surface area contributed by atoms with Gasteiger partial charge in [0.25, 0.3) is 0 Å². The van der Waals surface area contributed by atoms with Crippen molar-refractivity contribution in [2.45, 2.75) is 5.92 Å². The maximum atomic E-state index is 13.0. The molecular weight excluding hydrogens is 484 g/mol. The van der Waals surface area contributed by atoms with Crippen molar-refractivity contribution in [3.63, 3.8) is 0 Å². The summed E-state index contributed by atoms with van der Waals surface area (Å²) in [5.41, 5.74) is -1.48. The zero-order chi connectivity index (χ0) is 21.7. The van der Waals surface area contributed by atoms with Crippen LogP contribution in [-0.2, 0) is 0 Å². The lowest BCUT2D eigenvalue weighted by Gasteiger charge is -2.18. The molecule has 3 heterocycles. The number of aromatic hydroxyl groups is 2. The third kappa shape index (κ3) is 3.15. The van der Waals surface area contributed by atoms with Gasteiger partial charge < -0.3 is 19.0 Å². The topological polar surface area (TPSA) is 101 Å². The Hall–Kier alpha value is -3.36. The van der Waals surface area contributed by atoms with E-state index >= 15 is 0 Å². The first-order valence-electron chi connectivity index (χ1n) is 9.19. The number of rotatable bonds is 3. The van der Waals surface area contributed by atoms with Gasteiger partial charge in [-0.25, -0.2) is 9.59 Å². The fourth-order valence-electron chi connectivity index (χ4n) is 3.71. The van der Waals surface area contributed by atoms with Gasteiger partial charge in [0.15, 0.2) is 0 Å². The highest BCUT2D eigenvalue weighted by Crippen LogP contribution is 2.44. The first-order valence-corrected chi connectivity index (χ1v) is 10.9. The van der Waals surface area contributed by atoms with Crippen LogP contribution in [0.5, 0.6) is 11.5 Å². The number of hydrogen-bond acceptors (Lipinski definition) is 7.